The number of amides is 1. The van der Waals surface area contributed by atoms with Crippen molar-refractivity contribution in [3.63, 3.8) is 0 Å². The lowest BCUT2D eigenvalue weighted by Gasteiger charge is -2.03. The summed E-state index contributed by atoms with van der Waals surface area (Å²) in [5.74, 6) is 0.357. The molecule has 0 aliphatic carbocycles. The van der Waals surface area contributed by atoms with Crippen molar-refractivity contribution in [1.82, 2.24) is 10.2 Å². The smallest absolute Gasteiger partial charge is 0.229 e. The number of nitrogens with one attached hydrogen (secondary N) is 1. The maximum absolute atomic E-state index is 11.7. The van der Waals surface area contributed by atoms with Crippen molar-refractivity contribution < 1.29 is 4.79 Å². The molecular formula is C12H10BrN3O. The van der Waals surface area contributed by atoms with Gasteiger partial charge in [0.15, 0.2) is 5.82 Å². The van der Waals surface area contributed by atoms with Crippen molar-refractivity contribution in [3.05, 3.63) is 52.6 Å². The van der Waals surface area contributed by atoms with E-state index in [0.717, 1.165) is 10.0 Å². The number of carbonyl (C=O) groups excluding carboxylic acids is 1. The minimum Gasteiger partial charge on any atom is -0.309 e. The van der Waals surface area contributed by atoms with E-state index >= 15 is 0 Å². The normalized spacial score (nSPS) is 9.94. The summed E-state index contributed by atoms with van der Waals surface area (Å²) < 4.78 is 0.960. The second-order valence-electron chi connectivity index (χ2n) is 3.46. The number of aromatic nitrogens is 2. The summed E-state index contributed by atoms with van der Waals surface area (Å²) >= 11 is 3.36. The zero-order valence-electron chi connectivity index (χ0n) is 8.93. The van der Waals surface area contributed by atoms with Crippen LogP contribution in [0.25, 0.3) is 0 Å². The number of benzene rings is 1. The third-order valence-corrected chi connectivity index (χ3v) is 2.59. The van der Waals surface area contributed by atoms with E-state index in [1.54, 1.807) is 18.3 Å². The molecule has 86 valence electrons. The lowest BCUT2D eigenvalue weighted by Crippen LogP contribution is -2.15. The van der Waals surface area contributed by atoms with E-state index in [4.69, 9.17) is 0 Å². The fourth-order valence-electron chi connectivity index (χ4n) is 1.39. The Morgan fingerprint density at radius 3 is 2.88 bits per heavy atom. The summed E-state index contributed by atoms with van der Waals surface area (Å²) in [5, 5.41) is 10.2. The second-order valence-corrected chi connectivity index (χ2v) is 4.38. The third-order valence-electron chi connectivity index (χ3n) is 2.09. The number of carbonyl (C=O) groups is 1. The van der Waals surface area contributed by atoms with Gasteiger partial charge in [0.25, 0.3) is 0 Å². The molecule has 1 aromatic carbocycles. The Morgan fingerprint density at radius 2 is 2.18 bits per heavy atom. The van der Waals surface area contributed by atoms with Crippen LogP contribution in [0.5, 0.6) is 0 Å². The standard InChI is InChI=1S/C12H10BrN3O/c13-10-4-1-3-9(7-10)8-12(17)15-11-5-2-6-14-16-11/h1-7H,8H2,(H,15,16,17). The van der Waals surface area contributed by atoms with Gasteiger partial charge >= 0.3 is 0 Å². The number of hydrogen-bond donors (Lipinski definition) is 1. The molecule has 1 N–H and O–H groups in total. The molecule has 0 aliphatic heterocycles. The zero-order chi connectivity index (χ0) is 12.1. The van der Waals surface area contributed by atoms with E-state index in [-0.39, 0.29) is 5.91 Å². The number of anilines is 1. The quantitative estimate of drug-likeness (QED) is 0.945. The maximum Gasteiger partial charge on any atom is 0.229 e. The van der Waals surface area contributed by atoms with Gasteiger partial charge in [0.2, 0.25) is 5.91 Å². The van der Waals surface area contributed by atoms with Crippen LogP contribution in [0.2, 0.25) is 0 Å². The monoisotopic (exact) mass is 291 g/mol. The molecule has 0 unspecified atom stereocenters. The molecule has 0 aliphatic rings. The van der Waals surface area contributed by atoms with Gasteiger partial charge in [-0.3, -0.25) is 4.79 Å². The number of nitrogens with zero attached hydrogens (tertiary/aromatic N) is 2. The van der Waals surface area contributed by atoms with Gasteiger partial charge in [0, 0.05) is 10.7 Å². The molecule has 17 heavy (non-hydrogen) atoms. The molecule has 0 saturated heterocycles. The van der Waals surface area contributed by atoms with Gasteiger partial charge in [-0.15, -0.1) is 5.10 Å². The van der Waals surface area contributed by atoms with Crippen LogP contribution in [0.1, 0.15) is 5.56 Å². The van der Waals surface area contributed by atoms with Crippen molar-refractivity contribution in [1.29, 1.82) is 0 Å². The Kier molecular flexibility index (Phi) is 3.82. The fraction of sp³-hybridized carbons (Fsp3) is 0.0833. The molecule has 2 aromatic rings. The van der Waals surface area contributed by atoms with Gasteiger partial charge in [-0.2, -0.15) is 5.10 Å². The van der Waals surface area contributed by atoms with Crippen molar-refractivity contribution in [2.45, 2.75) is 6.42 Å². The maximum atomic E-state index is 11.7. The van der Waals surface area contributed by atoms with Crippen LogP contribution >= 0.6 is 15.9 Å². The molecule has 0 bridgehead atoms. The molecular weight excluding hydrogens is 282 g/mol. The number of halogens is 1. The predicted octanol–water partition coefficient (Wildman–Crippen LogP) is 2.42. The molecule has 4 nitrogen and oxygen atoms in total. The van der Waals surface area contributed by atoms with E-state index in [2.05, 4.69) is 31.4 Å². The second kappa shape index (κ2) is 5.54. The van der Waals surface area contributed by atoms with E-state index < -0.39 is 0 Å². The van der Waals surface area contributed by atoms with Crippen molar-refractivity contribution in [2.24, 2.45) is 0 Å². The van der Waals surface area contributed by atoms with Crippen LogP contribution in [0, 0.1) is 0 Å². The number of hydrogen-bond acceptors (Lipinski definition) is 3. The van der Waals surface area contributed by atoms with E-state index in [1.807, 2.05) is 24.3 Å². The fourth-order valence-corrected chi connectivity index (χ4v) is 1.83. The summed E-state index contributed by atoms with van der Waals surface area (Å²) in [6.07, 6.45) is 1.87. The summed E-state index contributed by atoms with van der Waals surface area (Å²) in [5.41, 5.74) is 0.945. The van der Waals surface area contributed by atoms with E-state index in [1.165, 1.54) is 0 Å². The van der Waals surface area contributed by atoms with Crippen molar-refractivity contribution in [2.75, 3.05) is 5.32 Å². The molecule has 1 amide bonds. The van der Waals surface area contributed by atoms with E-state index in [9.17, 15) is 4.79 Å². The first-order chi connectivity index (χ1) is 8.24. The predicted molar refractivity (Wildman–Crippen MR) is 68.5 cm³/mol. The van der Waals surface area contributed by atoms with Crippen LogP contribution in [0.15, 0.2) is 47.1 Å². The highest BCUT2D eigenvalue weighted by Crippen LogP contribution is 2.12. The largest absolute Gasteiger partial charge is 0.309 e. The van der Waals surface area contributed by atoms with E-state index in [0.29, 0.717) is 12.2 Å². The van der Waals surface area contributed by atoms with Gasteiger partial charge < -0.3 is 5.32 Å². The zero-order valence-corrected chi connectivity index (χ0v) is 10.5. The Balaban J connectivity index is 1.98. The highest BCUT2D eigenvalue weighted by Gasteiger charge is 2.04. The first kappa shape index (κ1) is 11.7. The van der Waals surface area contributed by atoms with Crippen LogP contribution in [0.3, 0.4) is 0 Å². The van der Waals surface area contributed by atoms with Gasteiger partial charge in [-0.05, 0) is 29.8 Å². The average molecular weight is 292 g/mol. The summed E-state index contributed by atoms with van der Waals surface area (Å²) in [7, 11) is 0. The molecule has 2 rings (SSSR count). The van der Waals surface area contributed by atoms with Crippen LogP contribution in [-0.4, -0.2) is 16.1 Å². The summed E-state index contributed by atoms with van der Waals surface area (Å²) in [4.78, 5) is 11.7. The average Bonchev–Trinajstić information content (AvgIpc) is 2.30. The molecule has 0 radical (unpaired) electrons. The van der Waals surface area contributed by atoms with Gasteiger partial charge in [0.05, 0.1) is 6.42 Å². The van der Waals surface area contributed by atoms with Crippen LogP contribution in [0.4, 0.5) is 5.82 Å². The first-order valence-electron chi connectivity index (χ1n) is 5.06. The molecule has 0 saturated carbocycles. The lowest BCUT2D eigenvalue weighted by atomic mass is 10.1. The first-order valence-corrected chi connectivity index (χ1v) is 5.85. The van der Waals surface area contributed by atoms with Crippen LogP contribution in [-0.2, 0) is 11.2 Å². The Morgan fingerprint density at radius 1 is 1.29 bits per heavy atom. The molecule has 0 spiro atoms. The molecule has 0 fully saturated rings. The van der Waals surface area contributed by atoms with Gasteiger partial charge in [-0.1, -0.05) is 28.1 Å². The molecule has 1 aromatic heterocycles. The summed E-state index contributed by atoms with van der Waals surface area (Å²) in [6, 6.07) is 11.1. The Bertz CT molecular complexity index is 516. The number of rotatable bonds is 3. The van der Waals surface area contributed by atoms with Gasteiger partial charge in [0.1, 0.15) is 0 Å². The van der Waals surface area contributed by atoms with Crippen molar-refractivity contribution >= 4 is 27.7 Å². The lowest BCUT2D eigenvalue weighted by molar-refractivity contribution is -0.115. The Labute approximate surface area is 107 Å². The molecule has 5 heteroatoms. The molecule has 0 atom stereocenters. The topological polar surface area (TPSA) is 54.9 Å². The highest BCUT2D eigenvalue weighted by atomic mass is 79.9. The Hall–Kier alpha value is -1.75. The summed E-state index contributed by atoms with van der Waals surface area (Å²) in [6.45, 7) is 0. The minimum absolute atomic E-state index is 0.108. The third kappa shape index (κ3) is 3.64. The highest BCUT2D eigenvalue weighted by molar-refractivity contribution is 9.10. The minimum atomic E-state index is -0.108. The van der Waals surface area contributed by atoms with Crippen molar-refractivity contribution in [3.8, 4) is 0 Å². The molecule has 1 heterocycles. The van der Waals surface area contributed by atoms with Crippen LogP contribution < -0.4 is 5.32 Å². The van der Waals surface area contributed by atoms with Gasteiger partial charge in [-0.25, -0.2) is 0 Å². The SMILES string of the molecule is O=C(Cc1cccc(Br)c1)Nc1cccnn1.